The van der Waals surface area contributed by atoms with Crippen LogP contribution >= 0.6 is 11.3 Å². The van der Waals surface area contributed by atoms with Crippen molar-refractivity contribution in [3.8, 4) is 33.3 Å². The van der Waals surface area contributed by atoms with Gasteiger partial charge in [0, 0.05) is 16.7 Å². The van der Waals surface area contributed by atoms with Crippen molar-refractivity contribution in [3.63, 3.8) is 0 Å². The quantitative estimate of drug-likeness (QED) is 0.248. The van der Waals surface area contributed by atoms with Crippen molar-refractivity contribution in [2.75, 3.05) is 5.32 Å². The van der Waals surface area contributed by atoms with Gasteiger partial charge in [-0.3, -0.25) is 4.79 Å². The highest BCUT2D eigenvalue weighted by atomic mass is 32.1. The molecule has 0 atom stereocenters. The van der Waals surface area contributed by atoms with Gasteiger partial charge in [-0.05, 0) is 60.0 Å². The molecule has 178 valence electrons. The van der Waals surface area contributed by atoms with Gasteiger partial charge >= 0.3 is 0 Å². The summed E-state index contributed by atoms with van der Waals surface area (Å²) in [5.41, 5.74) is 4.55. The van der Waals surface area contributed by atoms with E-state index in [0.29, 0.717) is 11.5 Å². The van der Waals surface area contributed by atoms with Crippen LogP contribution in [0.4, 0.5) is 5.00 Å². The number of carbonyl (C=O) groups is 1. The van der Waals surface area contributed by atoms with Crippen molar-refractivity contribution in [3.05, 3.63) is 120 Å². The lowest BCUT2D eigenvalue weighted by atomic mass is 10.0. The molecule has 4 nitrogen and oxygen atoms in total. The normalized spacial score (nSPS) is 10.9. The highest BCUT2D eigenvalue weighted by Crippen LogP contribution is 2.39. The van der Waals surface area contributed by atoms with Gasteiger partial charge in [0.05, 0.1) is 0 Å². The van der Waals surface area contributed by atoms with E-state index in [0.717, 1.165) is 38.3 Å². The Balaban J connectivity index is 1.40. The summed E-state index contributed by atoms with van der Waals surface area (Å²) in [5.74, 6) is 1.89. The topological polar surface area (TPSA) is 51.2 Å². The predicted octanol–water partition coefficient (Wildman–Crippen LogP) is 8.65. The first kappa shape index (κ1) is 23.5. The number of ether oxygens (including phenoxy) is 1. The summed E-state index contributed by atoms with van der Waals surface area (Å²) >= 11 is 1.46. The maximum atomic E-state index is 12.9. The summed E-state index contributed by atoms with van der Waals surface area (Å²) in [6, 6.07) is 35.2. The number of carbonyl (C=O) groups excluding carboxylic acids is 1. The molecule has 0 aliphatic rings. The molecule has 5 rings (SSSR count). The number of hydrogen-bond acceptors (Lipinski definition) is 4. The van der Waals surface area contributed by atoms with Crippen LogP contribution in [0.5, 0.6) is 11.5 Å². The molecule has 0 saturated heterocycles. The molecule has 5 aromatic rings. The van der Waals surface area contributed by atoms with E-state index in [1.54, 1.807) is 12.1 Å². The molecule has 5 heteroatoms. The van der Waals surface area contributed by atoms with E-state index in [-0.39, 0.29) is 5.91 Å². The minimum Gasteiger partial charge on any atom is -0.457 e. The zero-order chi connectivity index (χ0) is 24.9. The van der Waals surface area contributed by atoms with Gasteiger partial charge in [-0.25, -0.2) is 4.98 Å². The molecule has 0 radical (unpaired) electrons. The van der Waals surface area contributed by atoms with Crippen molar-refractivity contribution in [2.45, 2.75) is 19.8 Å². The Hall–Kier alpha value is -4.22. The van der Waals surface area contributed by atoms with E-state index in [9.17, 15) is 4.79 Å². The third-order valence-corrected chi connectivity index (χ3v) is 6.84. The fourth-order valence-electron chi connectivity index (χ4n) is 3.81. The second-order valence-electron chi connectivity index (χ2n) is 8.73. The summed E-state index contributed by atoms with van der Waals surface area (Å²) in [6.45, 7) is 4.35. The maximum Gasteiger partial charge on any atom is 0.256 e. The Kier molecular flexibility index (Phi) is 6.92. The van der Waals surface area contributed by atoms with E-state index >= 15 is 0 Å². The van der Waals surface area contributed by atoms with Gasteiger partial charge in [0.2, 0.25) is 0 Å². The van der Waals surface area contributed by atoms with Crippen LogP contribution < -0.4 is 10.1 Å². The summed E-state index contributed by atoms with van der Waals surface area (Å²) in [4.78, 5) is 17.8. The molecule has 0 spiro atoms. The zero-order valence-electron chi connectivity index (χ0n) is 20.1. The lowest BCUT2D eigenvalue weighted by Gasteiger charge is -2.09. The average molecular weight is 491 g/mol. The molecule has 1 heterocycles. The van der Waals surface area contributed by atoms with Crippen LogP contribution in [0.15, 0.2) is 109 Å². The molecule has 0 saturated carbocycles. The molecule has 0 unspecified atom stereocenters. The van der Waals surface area contributed by atoms with Crippen LogP contribution in [0.25, 0.3) is 21.8 Å². The van der Waals surface area contributed by atoms with Crippen molar-refractivity contribution in [2.24, 2.45) is 0 Å². The maximum absolute atomic E-state index is 12.9. The molecule has 1 N–H and O–H groups in total. The Labute approximate surface area is 215 Å². The lowest BCUT2D eigenvalue weighted by Crippen LogP contribution is -2.11. The second-order valence-corrected chi connectivity index (χ2v) is 9.73. The van der Waals surface area contributed by atoms with Gasteiger partial charge in [-0.2, -0.15) is 0 Å². The minimum atomic E-state index is -0.157. The summed E-state index contributed by atoms with van der Waals surface area (Å²) in [6.07, 6.45) is 0. The standard InChI is InChI=1S/C31H26N2O2S/c1-21(2)22-13-17-26(18-14-22)35-27-19-15-25(16-20-27)30-32-28(23-9-5-3-6-10-23)31(36-30)33-29(34)24-11-7-4-8-12-24/h3-21H,1-2H3,(H,33,34). The summed E-state index contributed by atoms with van der Waals surface area (Å²) < 4.78 is 6.03. The first-order valence-corrected chi connectivity index (χ1v) is 12.7. The Morgan fingerprint density at radius 3 is 1.94 bits per heavy atom. The third-order valence-electron chi connectivity index (χ3n) is 5.82. The molecule has 0 aliphatic heterocycles. The minimum absolute atomic E-state index is 0.157. The zero-order valence-corrected chi connectivity index (χ0v) is 21.0. The lowest BCUT2D eigenvalue weighted by molar-refractivity contribution is 0.102. The first-order chi connectivity index (χ1) is 17.6. The van der Waals surface area contributed by atoms with Gasteiger partial charge < -0.3 is 10.1 Å². The number of amides is 1. The number of anilines is 1. The Morgan fingerprint density at radius 2 is 1.33 bits per heavy atom. The number of aromatic nitrogens is 1. The average Bonchev–Trinajstić information content (AvgIpc) is 3.34. The van der Waals surface area contributed by atoms with Gasteiger partial charge in [0.1, 0.15) is 27.2 Å². The fraction of sp³-hybridized carbons (Fsp3) is 0.0968. The third kappa shape index (κ3) is 5.37. The van der Waals surface area contributed by atoms with Crippen LogP contribution in [-0.2, 0) is 0 Å². The van der Waals surface area contributed by atoms with E-state index in [1.807, 2.05) is 84.9 Å². The molecule has 4 aromatic carbocycles. The number of rotatable bonds is 7. The smallest absolute Gasteiger partial charge is 0.256 e. The van der Waals surface area contributed by atoms with Crippen LogP contribution in [0, 0.1) is 0 Å². The van der Waals surface area contributed by atoms with E-state index in [2.05, 4.69) is 31.3 Å². The van der Waals surface area contributed by atoms with Gasteiger partial charge in [-0.15, -0.1) is 0 Å². The fourth-order valence-corrected chi connectivity index (χ4v) is 4.80. The highest BCUT2D eigenvalue weighted by Gasteiger charge is 2.17. The molecule has 0 aliphatic carbocycles. The van der Waals surface area contributed by atoms with Crippen LogP contribution in [0.3, 0.4) is 0 Å². The van der Waals surface area contributed by atoms with Crippen molar-refractivity contribution >= 4 is 22.2 Å². The number of thiazole rings is 1. The molecular formula is C31H26N2O2S. The van der Waals surface area contributed by atoms with E-state index in [1.165, 1.54) is 16.9 Å². The van der Waals surface area contributed by atoms with E-state index in [4.69, 9.17) is 9.72 Å². The number of hydrogen-bond donors (Lipinski definition) is 1. The van der Waals surface area contributed by atoms with Crippen LogP contribution in [0.2, 0.25) is 0 Å². The van der Waals surface area contributed by atoms with E-state index < -0.39 is 0 Å². The molecule has 1 amide bonds. The largest absolute Gasteiger partial charge is 0.457 e. The molecule has 0 bridgehead atoms. The molecule has 36 heavy (non-hydrogen) atoms. The van der Waals surface area contributed by atoms with Crippen molar-refractivity contribution in [1.82, 2.24) is 4.98 Å². The first-order valence-electron chi connectivity index (χ1n) is 11.9. The van der Waals surface area contributed by atoms with Gasteiger partial charge in [0.15, 0.2) is 0 Å². The second kappa shape index (κ2) is 10.6. The predicted molar refractivity (Wildman–Crippen MR) is 148 cm³/mol. The summed E-state index contributed by atoms with van der Waals surface area (Å²) in [5, 5.41) is 4.61. The Bertz CT molecular complexity index is 1440. The molecular weight excluding hydrogens is 464 g/mol. The Morgan fingerprint density at radius 1 is 0.750 bits per heavy atom. The monoisotopic (exact) mass is 490 g/mol. The van der Waals surface area contributed by atoms with Crippen molar-refractivity contribution < 1.29 is 9.53 Å². The summed E-state index contributed by atoms with van der Waals surface area (Å²) in [7, 11) is 0. The SMILES string of the molecule is CC(C)c1ccc(Oc2ccc(-c3nc(-c4ccccc4)c(NC(=O)c4ccccc4)s3)cc2)cc1. The highest BCUT2D eigenvalue weighted by molar-refractivity contribution is 7.19. The number of nitrogens with zero attached hydrogens (tertiary/aromatic N) is 1. The van der Waals surface area contributed by atoms with Crippen LogP contribution in [0.1, 0.15) is 35.7 Å². The number of nitrogens with one attached hydrogen (secondary N) is 1. The van der Waals surface area contributed by atoms with Crippen molar-refractivity contribution in [1.29, 1.82) is 0 Å². The van der Waals surface area contributed by atoms with Gasteiger partial charge in [0.25, 0.3) is 5.91 Å². The molecule has 1 aromatic heterocycles. The molecule has 0 fully saturated rings. The number of benzene rings is 4. The van der Waals surface area contributed by atoms with Crippen LogP contribution in [-0.4, -0.2) is 10.9 Å². The van der Waals surface area contributed by atoms with Gasteiger partial charge in [-0.1, -0.05) is 85.8 Å².